The topological polar surface area (TPSA) is 15.3 Å². The normalized spacial score (nSPS) is 33.1. The van der Waals surface area contributed by atoms with Gasteiger partial charge in [-0.25, -0.2) is 0 Å². The molecule has 2 aliphatic heterocycles. The van der Waals surface area contributed by atoms with E-state index in [1.54, 1.807) is 11.1 Å². The van der Waals surface area contributed by atoms with Crippen LogP contribution in [0.25, 0.3) is 0 Å². The van der Waals surface area contributed by atoms with Crippen LogP contribution in [0.15, 0.2) is 24.3 Å². The van der Waals surface area contributed by atoms with Crippen LogP contribution in [-0.4, -0.2) is 31.6 Å². The maximum absolute atomic E-state index is 3.71. The molecule has 18 heavy (non-hydrogen) atoms. The second kappa shape index (κ2) is 4.67. The van der Waals surface area contributed by atoms with Gasteiger partial charge in [0.1, 0.15) is 0 Å². The van der Waals surface area contributed by atoms with Crippen molar-refractivity contribution in [1.82, 2.24) is 10.2 Å². The van der Waals surface area contributed by atoms with Gasteiger partial charge < -0.3 is 10.2 Å². The van der Waals surface area contributed by atoms with Crippen LogP contribution >= 0.6 is 0 Å². The molecule has 0 saturated carbocycles. The van der Waals surface area contributed by atoms with E-state index < -0.39 is 0 Å². The summed E-state index contributed by atoms with van der Waals surface area (Å²) < 4.78 is 0. The molecule has 0 aromatic heterocycles. The Hall–Kier alpha value is -0.860. The second-order valence-electron chi connectivity index (χ2n) is 6.20. The third-order valence-corrected chi connectivity index (χ3v) is 4.76. The Labute approximate surface area is 110 Å². The van der Waals surface area contributed by atoms with Crippen LogP contribution < -0.4 is 5.32 Å². The molecule has 1 aromatic rings. The van der Waals surface area contributed by atoms with Gasteiger partial charge in [-0.2, -0.15) is 0 Å². The molecule has 2 saturated heterocycles. The highest BCUT2D eigenvalue weighted by Gasteiger charge is 2.34. The van der Waals surface area contributed by atoms with Gasteiger partial charge in [-0.05, 0) is 63.4 Å². The summed E-state index contributed by atoms with van der Waals surface area (Å²) in [7, 11) is 2.23. The van der Waals surface area contributed by atoms with Gasteiger partial charge in [0.15, 0.2) is 0 Å². The maximum Gasteiger partial charge on any atom is 0.0409 e. The van der Waals surface area contributed by atoms with Crippen molar-refractivity contribution in [2.24, 2.45) is 0 Å². The lowest BCUT2D eigenvalue weighted by Crippen LogP contribution is -2.34. The van der Waals surface area contributed by atoms with Gasteiger partial charge in [0.05, 0.1) is 0 Å². The SMILES string of the molecule is CN1CCC(c2ccccc2C2(C)CCCN2)C1. The third-order valence-electron chi connectivity index (χ3n) is 4.76. The molecule has 0 spiro atoms. The Kier molecular flexibility index (Phi) is 3.16. The summed E-state index contributed by atoms with van der Waals surface area (Å²) in [5.74, 6) is 0.727. The molecular formula is C16H24N2. The molecule has 2 aliphatic rings. The number of rotatable bonds is 2. The first-order chi connectivity index (χ1) is 8.69. The van der Waals surface area contributed by atoms with Gasteiger partial charge in [0.2, 0.25) is 0 Å². The predicted molar refractivity (Wildman–Crippen MR) is 75.9 cm³/mol. The van der Waals surface area contributed by atoms with Crippen molar-refractivity contribution in [3.05, 3.63) is 35.4 Å². The van der Waals surface area contributed by atoms with Crippen molar-refractivity contribution >= 4 is 0 Å². The third kappa shape index (κ3) is 2.08. The van der Waals surface area contributed by atoms with Crippen LogP contribution in [0, 0.1) is 0 Å². The largest absolute Gasteiger partial charge is 0.308 e. The van der Waals surface area contributed by atoms with Gasteiger partial charge >= 0.3 is 0 Å². The van der Waals surface area contributed by atoms with E-state index >= 15 is 0 Å². The zero-order chi connectivity index (χ0) is 12.6. The number of hydrogen-bond acceptors (Lipinski definition) is 2. The summed E-state index contributed by atoms with van der Waals surface area (Å²) in [5, 5.41) is 3.71. The lowest BCUT2D eigenvalue weighted by Gasteiger charge is -2.29. The zero-order valence-electron chi connectivity index (χ0n) is 11.6. The predicted octanol–water partition coefficient (Wildman–Crippen LogP) is 2.70. The van der Waals surface area contributed by atoms with Gasteiger partial charge in [0.25, 0.3) is 0 Å². The van der Waals surface area contributed by atoms with E-state index in [1.165, 1.54) is 32.4 Å². The summed E-state index contributed by atoms with van der Waals surface area (Å²) in [6, 6.07) is 9.09. The summed E-state index contributed by atoms with van der Waals surface area (Å²) in [4.78, 5) is 2.45. The highest BCUT2D eigenvalue weighted by atomic mass is 15.1. The number of benzene rings is 1. The van der Waals surface area contributed by atoms with Gasteiger partial charge in [-0.1, -0.05) is 24.3 Å². The van der Waals surface area contributed by atoms with E-state index in [0.717, 1.165) is 12.5 Å². The molecule has 3 rings (SSSR count). The molecule has 2 heterocycles. The van der Waals surface area contributed by atoms with Crippen LogP contribution in [0.5, 0.6) is 0 Å². The smallest absolute Gasteiger partial charge is 0.0409 e. The maximum atomic E-state index is 3.71. The molecular weight excluding hydrogens is 220 g/mol. The molecule has 1 aromatic carbocycles. The first kappa shape index (κ1) is 12.2. The number of nitrogens with zero attached hydrogens (tertiary/aromatic N) is 1. The molecule has 98 valence electrons. The van der Waals surface area contributed by atoms with Crippen LogP contribution in [0.3, 0.4) is 0 Å². The van der Waals surface area contributed by atoms with Crippen LogP contribution in [-0.2, 0) is 5.54 Å². The van der Waals surface area contributed by atoms with Crippen LogP contribution in [0.1, 0.15) is 43.2 Å². The Bertz CT molecular complexity index is 421. The lowest BCUT2D eigenvalue weighted by atomic mass is 9.82. The van der Waals surface area contributed by atoms with Crippen LogP contribution in [0.2, 0.25) is 0 Å². The minimum absolute atomic E-state index is 0.206. The zero-order valence-corrected chi connectivity index (χ0v) is 11.6. The molecule has 2 fully saturated rings. The summed E-state index contributed by atoms with van der Waals surface area (Å²) in [6.45, 7) is 5.99. The Morgan fingerprint density at radius 3 is 2.83 bits per heavy atom. The van der Waals surface area contributed by atoms with Crippen molar-refractivity contribution in [1.29, 1.82) is 0 Å². The second-order valence-corrected chi connectivity index (χ2v) is 6.20. The Morgan fingerprint density at radius 1 is 1.33 bits per heavy atom. The fourth-order valence-electron chi connectivity index (χ4n) is 3.67. The standard InChI is InChI=1S/C16H24N2/c1-16(9-5-10-17-16)15-7-4-3-6-14(15)13-8-11-18(2)12-13/h3-4,6-7,13,17H,5,8-12H2,1-2H3. The number of hydrogen-bond donors (Lipinski definition) is 1. The van der Waals surface area contributed by atoms with Gasteiger partial charge in [-0.3, -0.25) is 0 Å². The van der Waals surface area contributed by atoms with Crippen molar-refractivity contribution in [3.63, 3.8) is 0 Å². The van der Waals surface area contributed by atoms with E-state index in [0.29, 0.717) is 0 Å². The molecule has 2 heteroatoms. The number of likely N-dealkylation sites (tertiary alicyclic amines) is 1. The van der Waals surface area contributed by atoms with Crippen molar-refractivity contribution < 1.29 is 0 Å². The van der Waals surface area contributed by atoms with E-state index in [9.17, 15) is 0 Å². The van der Waals surface area contributed by atoms with Crippen LogP contribution in [0.4, 0.5) is 0 Å². The number of likely N-dealkylation sites (N-methyl/N-ethyl adjacent to an activating group) is 1. The minimum atomic E-state index is 0.206. The molecule has 2 nitrogen and oxygen atoms in total. The highest BCUT2D eigenvalue weighted by molar-refractivity contribution is 5.37. The minimum Gasteiger partial charge on any atom is -0.308 e. The fraction of sp³-hybridized carbons (Fsp3) is 0.625. The van der Waals surface area contributed by atoms with E-state index in [2.05, 4.69) is 48.5 Å². The first-order valence-corrected chi connectivity index (χ1v) is 7.22. The molecule has 0 amide bonds. The number of nitrogens with one attached hydrogen (secondary N) is 1. The average Bonchev–Trinajstić information content (AvgIpc) is 2.99. The summed E-state index contributed by atoms with van der Waals surface area (Å²) in [5.41, 5.74) is 3.33. The molecule has 0 bridgehead atoms. The first-order valence-electron chi connectivity index (χ1n) is 7.22. The Balaban J connectivity index is 1.95. The monoisotopic (exact) mass is 244 g/mol. The molecule has 2 unspecified atom stereocenters. The molecule has 1 N–H and O–H groups in total. The quantitative estimate of drug-likeness (QED) is 0.860. The van der Waals surface area contributed by atoms with E-state index in [-0.39, 0.29) is 5.54 Å². The van der Waals surface area contributed by atoms with Crippen molar-refractivity contribution in [3.8, 4) is 0 Å². The van der Waals surface area contributed by atoms with E-state index in [1.807, 2.05) is 0 Å². The lowest BCUT2D eigenvalue weighted by molar-refractivity contribution is 0.405. The average molecular weight is 244 g/mol. The van der Waals surface area contributed by atoms with E-state index in [4.69, 9.17) is 0 Å². The summed E-state index contributed by atoms with van der Waals surface area (Å²) >= 11 is 0. The molecule has 0 radical (unpaired) electrons. The van der Waals surface area contributed by atoms with Gasteiger partial charge in [-0.15, -0.1) is 0 Å². The molecule has 0 aliphatic carbocycles. The van der Waals surface area contributed by atoms with Crippen molar-refractivity contribution in [2.75, 3.05) is 26.7 Å². The molecule has 2 atom stereocenters. The Morgan fingerprint density at radius 2 is 2.17 bits per heavy atom. The van der Waals surface area contributed by atoms with Crippen molar-refractivity contribution in [2.45, 2.75) is 37.6 Å². The summed E-state index contributed by atoms with van der Waals surface area (Å²) in [6.07, 6.45) is 3.88. The highest BCUT2D eigenvalue weighted by Crippen LogP contribution is 2.37. The van der Waals surface area contributed by atoms with Gasteiger partial charge in [0, 0.05) is 12.1 Å². The fourth-order valence-corrected chi connectivity index (χ4v) is 3.67.